The molecular formula is C65H98ClF4N11O11. The van der Waals surface area contributed by atoms with E-state index in [-0.39, 0.29) is 62.3 Å². The van der Waals surface area contributed by atoms with E-state index in [0.29, 0.717) is 42.0 Å². The first kappa shape index (κ1) is 78.9. The van der Waals surface area contributed by atoms with Crippen molar-refractivity contribution >= 4 is 76.6 Å². The summed E-state index contributed by atoms with van der Waals surface area (Å²) in [7, 11) is 9.53. The van der Waals surface area contributed by atoms with Gasteiger partial charge in [-0.05, 0) is 106 Å². The van der Waals surface area contributed by atoms with Gasteiger partial charge in [-0.25, -0.2) is 4.39 Å². The number of hydrogen-bond acceptors (Lipinski definition) is 11. The fraction of sp³-hybridized carbons (Fsp3) is 0.646. The molecule has 0 spiro atoms. The van der Waals surface area contributed by atoms with Crippen molar-refractivity contribution in [2.75, 3.05) is 69.0 Å². The molecule has 1 heterocycles. The number of carbonyl (C=O) groups excluding carboxylic acids is 11. The molecule has 11 amide bonds. The molecule has 3 rings (SSSR count). The molecule has 0 radical (unpaired) electrons. The third kappa shape index (κ3) is 22.4. The van der Waals surface area contributed by atoms with E-state index in [0.717, 1.165) is 30.6 Å². The number of likely N-dealkylation sites (N-methyl/N-ethyl adjacent to an activating group) is 7. The molecular weight excluding hydrogens is 1220 g/mol. The van der Waals surface area contributed by atoms with Gasteiger partial charge in [-0.15, -0.1) is 0 Å². The topological polar surface area (TPSA) is 259 Å². The van der Waals surface area contributed by atoms with E-state index < -0.39 is 156 Å². The minimum atomic E-state index is -5.01. The number of halogens is 5. The fourth-order valence-electron chi connectivity index (χ4n) is 10.4. The van der Waals surface area contributed by atoms with Crippen LogP contribution in [0.1, 0.15) is 137 Å². The average molecular weight is 1320 g/mol. The van der Waals surface area contributed by atoms with Gasteiger partial charge in [0.2, 0.25) is 65.0 Å². The van der Waals surface area contributed by atoms with Gasteiger partial charge in [0.05, 0.1) is 25.2 Å². The molecule has 514 valence electrons. The minimum Gasteiger partial charge on any atom is -0.343 e. The van der Waals surface area contributed by atoms with E-state index in [2.05, 4.69) is 21.3 Å². The first-order chi connectivity index (χ1) is 42.7. The number of nitrogens with one attached hydrogen (secondary N) is 4. The van der Waals surface area contributed by atoms with Crippen LogP contribution in [0.4, 0.5) is 17.6 Å². The zero-order valence-corrected chi connectivity index (χ0v) is 57.3. The molecule has 0 aliphatic carbocycles. The van der Waals surface area contributed by atoms with Crippen LogP contribution in [0.2, 0.25) is 5.02 Å². The van der Waals surface area contributed by atoms with Gasteiger partial charge in [0.15, 0.2) is 0 Å². The summed E-state index contributed by atoms with van der Waals surface area (Å²) < 4.78 is 55.7. The molecule has 0 saturated carbocycles. The van der Waals surface area contributed by atoms with Crippen molar-refractivity contribution in [1.29, 1.82) is 0 Å². The highest BCUT2D eigenvalue weighted by atomic mass is 35.5. The number of hydrogen-bond donors (Lipinski definition) is 4. The summed E-state index contributed by atoms with van der Waals surface area (Å²) in [5, 5.41) is 11.3. The van der Waals surface area contributed by atoms with Crippen molar-refractivity contribution in [2.45, 2.75) is 187 Å². The van der Waals surface area contributed by atoms with Gasteiger partial charge in [0.1, 0.15) is 47.6 Å². The maximum absolute atomic E-state index is 14.9. The smallest absolute Gasteiger partial charge is 0.343 e. The summed E-state index contributed by atoms with van der Waals surface area (Å²) in [6.07, 6.45) is -4.45. The van der Waals surface area contributed by atoms with Crippen LogP contribution >= 0.6 is 11.6 Å². The Morgan fingerprint density at radius 1 is 0.598 bits per heavy atom. The van der Waals surface area contributed by atoms with Gasteiger partial charge >= 0.3 is 6.18 Å². The first-order valence-electron chi connectivity index (χ1n) is 31.3. The molecule has 2 aromatic carbocycles. The quantitative estimate of drug-likeness (QED) is 0.173. The average Bonchev–Trinajstić information content (AvgIpc) is 0.841. The lowest BCUT2D eigenvalue weighted by atomic mass is 9.95. The highest BCUT2D eigenvalue weighted by Crippen LogP contribution is 2.32. The lowest BCUT2D eigenvalue weighted by molar-refractivity contribution is -0.149. The van der Waals surface area contributed by atoms with Crippen molar-refractivity contribution in [1.82, 2.24) is 55.6 Å². The number of benzene rings is 2. The molecule has 1 aliphatic heterocycles. The Balaban J connectivity index is 2.24. The number of unbranched alkanes of at least 4 members (excludes halogenated alkanes) is 1. The zero-order chi connectivity index (χ0) is 70.0. The summed E-state index contributed by atoms with van der Waals surface area (Å²) in [6.45, 7) is 15.4. The van der Waals surface area contributed by atoms with E-state index >= 15 is 0 Å². The molecule has 0 aromatic heterocycles. The standard InChI is InChI=1S/C65H98ClF4N11O11/c1-18-20-21-48-60(89)81(17)64(9,10)63(92)73-49(30-38(3)4)59(88)78(14)41(8)32-53(83)79(15)50(31-39(5)6)58(87)74-56(40(7)19-2)62(91)77(13)36-54(84)75(11)37-55(85)80(16)51(34-43-22-26-44(66)27-23-43)61(90)76(12)35-52(82)71-47(57(86)72-48)29-25-42-24-28-45(46(67)33-42)65(68,69)70/h22-24,26-28,33,38-41,47-51,56H,18-21,25,29-32,34-37H2,1-17H3,(H,71,82)(H,72,86)(H,73,92)(H,74,87)/t40-,41+,47-,48-,49-,50-,51-,56-/m0/s1. The number of alkyl halides is 3. The van der Waals surface area contributed by atoms with Crippen LogP contribution in [0, 0.1) is 23.6 Å². The molecule has 27 heteroatoms. The van der Waals surface area contributed by atoms with Gasteiger partial charge < -0.3 is 55.6 Å². The maximum Gasteiger partial charge on any atom is 0.419 e. The molecule has 0 unspecified atom stereocenters. The number of rotatable bonds is 14. The van der Waals surface area contributed by atoms with Crippen molar-refractivity contribution < 1.29 is 70.3 Å². The van der Waals surface area contributed by atoms with E-state index in [4.69, 9.17) is 11.6 Å². The van der Waals surface area contributed by atoms with Crippen LogP contribution in [-0.4, -0.2) is 216 Å². The van der Waals surface area contributed by atoms with Crippen molar-refractivity contribution in [2.24, 2.45) is 17.8 Å². The second kappa shape index (κ2) is 35.0. The Morgan fingerprint density at radius 2 is 1.16 bits per heavy atom. The van der Waals surface area contributed by atoms with Crippen LogP contribution in [0.3, 0.4) is 0 Å². The SMILES string of the molecule is CCCC[C@@H]1NC(=O)[C@H](CCc2ccc(C(F)(F)F)c(F)c2)NC(=O)CN(C)C(=O)[C@H](Cc2ccc(Cl)cc2)N(C)C(=O)CN(C)C(=O)CN(C)C(=O)[C@H]([C@@H](C)CC)NC(=O)[C@H](CC(C)C)N(C)C(=O)C[C@@H](C)N(C)C(=O)[C@H](CC(C)C)NC(=O)C(C)(C)N(C)C1=O. The largest absolute Gasteiger partial charge is 0.419 e. The summed E-state index contributed by atoms with van der Waals surface area (Å²) in [6, 6.07) is 0.0455. The van der Waals surface area contributed by atoms with E-state index in [9.17, 15) is 70.3 Å². The Morgan fingerprint density at radius 3 is 1.72 bits per heavy atom. The van der Waals surface area contributed by atoms with Crippen LogP contribution < -0.4 is 21.3 Å². The molecule has 22 nitrogen and oxygen atoms in total. The maximum atomic E-state index is 14.9. The molecule has 0 bridgehead atoms. The third-order valence-corrected chi connectivity index (χ3v) is 17.4. The first-order valence-corrected chi connectivity index (χ1v) is 31.7. The lowest BCUT2D eigenvalue weighted by Gasteiger charge is -2.38. The van der Waals surface area contributed by atoms with E-state index in [1.54, 1.807) is 38.1 Å². The van der Waals surface area contributed by atoms with Crippen LogP contribution in [-0.2, 0) is 71.8 Å². The van der Waals surface area contributed by atoms with Crippen molar-refractivity contribution in [3.63, 3.8) is 0 Å². The molecule has 1 saturated heterocycles. The van der Waals surface area contributed by atoms with Gasteiger partial charge in [-0.1, -0.05) is 97.5 Å². The third-order valence-electron chi connectivity index (χ3n) is 17.1. The Hall–Kier alpha value is -7.38. The molecule has 1 aliphatic rings. The van der Waals surface area contributed by atoms with Crippen molar-refractivity contribution in [3.05, 3.63) is 70.0 Å². The summed E-state index contributed by atoms with van der Waals surface area (Å²) in [5.74, 6) is -10.3. The highest BCUT2D eigenvalue weighted by molar-refractivity contribution is 6.30. The molecule has 92 heavy (non-hydrogen) atoms. The Labute approximate surface area is 544 Å². The molecule has 2 aromatic rings. The predicted octanol–water partition coefficient (Wildman–Crippen LogP) is 5.46. The summed E-state index contributed by atoms with van der Waals surface area (Å²) >= 11 is 6.19. The Bertz CT molecular complexity index is 2930. The summed E-state index contributed by atoms with van der Waals surface area (Å²) in [5.41, 5.74) is -2.70. The van der Waals surface area contributed by atoms with Crippen LogP contribution in [0.25, 0.3) is 0 Å². The summed E-state index contributed by atoms with van der Waals surface area (Å²) in [4.78, 5) is 166. The van der Waals surface area contributed by atoms with E-state index in [1.165, 1.54) is 73.0 Å². The van der Waals surface area contributed by atoms with Crippen LogP contribution in [0.15, 0.2) is 42.5 Å². The number of amides is 11. The number of aryl methyl sites for hydroxylation is 1. The molecule has 4 N–H and O–H groups in total. The second-order valence-electron chi connectivity index (χ2n) is 25.8. The van der Waals surface area contributed by atoms with Gasteiger partial charge in [-0.2, -0.15) is 13.2 Å². The van der Waals surface area contributed by atoms with Gasteiger partial charge in [0.25, 0.3) is 0 Å². The zero-order valence-electron chi connectivity index (χ0n) is 56.5. The van der Waals surface area contributed by atoms with E-state index in [1.807, 2.05) is 41.5 Å². The van der Waals surface area contributed by atoms with Gasteiger partial charge in [0, 0.05) is 73.2 Å². The second-order valence-corrected chi connectivity index (χ2v) is 26.2. The number of nitrogens with zero attached hydrogens (tertiary/aromatic N) is 7. The lowest BCUT2D eigenvalue weighted by Crippen LogP contribution is -2.63. The Kier molecular flexibility index (Phi) is 30.0. The highest BCUT2D eigenvalue weighted by Gasteiger charge is 2.43. The number of carbonyl (C=O) groups is 11. The normalized spacial score (nSPS) is 23.5. The van der Waals surface area contributed by atoms with Gasteiger partial charge in [-0.3, -0.25) is 52.7 Å². The monoisotopic (exact) mass is 1320 g/mol. The molecule has 8 atom stereocenters. The minimum absolute atomic E-state index is 0.0135. The fourth-order valence-corrected chi connectivity index (χ4v) is 10.5. The van der Waals surface area contributed by atoms with Crippen LogP contribution in [0.5, 0.6) is 0 Å². The molecule has 1 fully saturated rings. The van der Waals surface area contributed by atoms with Crippen molar-refractivity contribution in [3.8, 4) is 0 Å². The predicted molar refractivity (Wildman–Crippen MR) is 340 cm³/mol.